The molecule has 154 valence electrons. The van der Waals surface area contributed by atoms with E-state index in [0.29, 0.717) is 29.2 Å². The number of Topliss-reactive ketones (excluding diaryl/α,β-unsaturated/α-hetero) is 1. The number of ether oxygens (including phenoxy) is 3. The van der Waals surface area contributed by atoms with Crippen molar-refractivity contribution < 1.29 is 28.6 Å². The van der Waals surface area contributed by atoms with Gasteiger partial charge in [-0.1, -0.05) is 18.2 Å². The van der Waals surface area contributed by atoms with Crippen LogP contribution in [0.2, 0.25) is 0 Å². The summed E-state index contributed by atoms with van der Waals surface area (Å²) in [6.07, 6.45) is 2.81. The Morgan fingerprint density at radius 1 is 1.03 bits per heavy atom. The van der Waals surface area contributed by atoms with Crippen molar-refractivity contribution in [1.29, 1.82) is 0 Å². The zero-order valence-corrected chi connectivity index (χ0v) is 17.0. The molecule has 1 aromatic heterocycles. The van der Waals surface area contributed by atoms with E-state index in [1.807, 2.05) is 25.1 Å². The van der Waals surface area contributed by atoms with Gasteiger partial charge in [0, 0.05) is 17.3 Å². The smallest absolute Gasteiger partial charge is 0.340 e. The monoisotopic (exact) mass is 399 g/mol. The van der Waals surface area contributed by atoms with Gasteiger partial charge in [-0.05, 0) is 45.4 Å². The molecule has 1 heterocycles. The molecule has 0 saturated carbocycles. The Morgan fingerprint density at radius 3 is 2.45 bits per heavy atom. The van der Waals surface area contributed by atoms with Crippen molar-refractivity contribution >= 4 is 23.8 Å². The number of nitrogens with one attached hydrogen (secondary N) is 1. The number of carbonyl (C=O) groups is 3. The van der Waals surface area contributed by atoms with Gasteiger partial charge in [-0.2, -0.15) is 0 Å². The Kier molecular flexibility index (Phi) is 7.77. The van der Waals surface area contributed by atoms with Crippen molar-refractivity contribution in [3.63, 3.8) is 0 Å². The van der Waals surface area contributed by atoms with Crippen LogP contribution in [0.15, 0.2) is 30.3 Å². The lowest BCUT2D eigenvalue weighted by atomic mass is 10.1. The molecule has 1 N–H and O–H groups in total. The first-order valence-electron chi connectivity index (χ1n) is 9.35. The predicted molar refractivity (Wildman–Crippen MR) is 108 cm³/mol. The summed E-state index contributed by atoms with van der Waals surface area (Å²) in [5, 5.41) is 0. The van der Waals surface area contributed by atoms with Crippen LogP contribution in [0.25, 0.3) is 6.08 Å². The lowest BCUT2D eigenvalue weighted by Gasteiger charge is -2.06. The molecule has 2 aromatic rings. The largest absolute Gasteiger partial charge is 0.493 e. The number of hydrogen-bond donors (Lipinski definition) is 1. The average Bonchev–Trinajstić information content (AvgIpc) is 3.00. The molecule has 0 atom stereocenters. The molecule has 7 nitrogen and oxygen atoms in total. The van der Waals surface area contributed by atoms with Crippen LogP contribution in [0.4, 0.5) is 0 Å². The topological polar surface area (TPSA) is 94.7 Å². The lowest BCUT2D eigenvalue weighted by molar-refractivity contribution is -0.136. The molecular weight excluding hydrogens is 374 g/mol. The molecule has 0 bridgehead atoms. The van der Waals surface area contributed by atoms with Crippen LogP contribution in [-0.4, -0.2) is 42.5 Å². The molecule has 2 rings (SSSR count). The third kappa shape index (κ3) is 5.57. The number of hydrogen-bond acceptors (Lipinski definition) is 6. The van der Waals surface area contributed by atoms with Gasteiger partial charge < -0.3 is 19.2 Å². The van der Waals surface area contributed by atoms with Gasteiger partial charge in [0.1, 0.15) is 5.75 Å². The van der Waals surface area contributed by atoms with Crippen molar-refractivity contribution in [2.45, 2.75) is 27.7 Å². The minimum Gasteiger partial charge on any atom is -0.493 e. The highest BCUT2D eigenvalue weighted by molar-refractivity contribution is 6.03. The number of rotatable bonds is 9. The van der Waals surface area contributed by atoms with Crippen LogP contribution in [0.1, 0.15) is 51.5 Å². The van der Waals surface area contributed by atoms with Gasteiger partial charge in [0.25, 0.3) is 0 Å². The summed E-state index contributed by atoms with van der Waals surface area (Å²) in [5.41, 5.74) is 2.29. The van der Waals surface area contributed by atoms with Crippen molar-refractivity contribution in [3.8, 4) is 5.75 Å². The molecule has 0 amide bonds. The zero-order valence-electron chi connectivity index (χ0n) is 17.0. The van der Waals surface area contributed by atoms with Crippen molar-refractivity contribution in [1.82, 2.24) is 4.98 Å². The van der Waals surface area contributed by atoms with Crippen LogP contribution < -0.4 is 4.74 Å². The number of aryl methyl sites for hydroxylation is 1. The SMILES string of the molecule is CCOC(=O)c1c(C)[nH]c(C(=O)COC(=O)/C=C/c2ccccc2OCC)c1C. The highest BCUT2D eigenvalue weighted by atomic mass is 16.5. The fraction of sp³-hybridized carbons (Fsp3) is 0.318. The Balaban J connectivity index is 2.02. The first-order valence-corrected chi connectivity index (χ1v) is 9.35. The maximum atomic E-state index is 12.4. The van der Waals surface area contributed by atoms with Crippen LogP contribution in [0.3, 0.4) is 0 Å². The van der Waals surface area contributed by atoms with Crippen molar-refractivity contribution in [2.24, 2.45) is 0 Å². The van der Waals surface area contributed by atoms with Crippen LogP contribution in [-0.2, 0) is 14.3 Å². The van der Waals surface area contributed by atoms with E-state index < -0.39 is 24.3 Å². The van der Waals surface area contributed by atoms with Gasteiger partial charge in [-0.15, -0.1) is 0 Å². The second-order valence-corrected chi connectivity index (χ2v) is 6.18. The molecule has 0 spiro atoms. The molecule has 0 aliphatic carbocycles. The van der Waals surface area contributed by atoms with Gasteiger partial charge in [0.05, 0.1) is 24.5 Å². The van der Waals surface area contributed by atoms with E-state index in [-0.39, 0.29) is 12.3 Å². The maximum Gasteiger partial charge on any atom is 0.340 e. The minimum atomic E-state index is -0.656. The van der Waals surface area contributed by atoms with E-state index >= 15 is 0 Å². The number of benzene rings is 1. The number of H-pyrrole nitrogens is 1. The summed E-state index contributed by atoms with van der Waals surface area (Å²) >= 11 is 0. The number of aromatic amines is 1. The van der Waals surface area contributed by atoms with Crippen LogP contribution >= 0.6 is 0 Å². The van der Waals surface area contributed by atoms with E-state index in [1.165, 1.54) is 6.08 Å². The number of aromatic nitrogens is 1. The third-order valence-corrected chi connectivity index (χ3v) is 4.16. The first kappa shape index (κ1) is 21.9. The second-order valence-electron chi connectivity index (χ2n) is 6.18. The third-order valence-electron chi connectivity index (χ3n) is 4.16. The Labute approximate surface area is 169 Å². The highest BCUT2D eigenvalue weighted by Gasteiger charge is 2.23. The summed E-state index contributed by atoms with van der Waals surface area (Å²) in [4.78, 5) is 39.3. The molecular formula is C22H25NO6. The Bertz CT molecular complexity index is 925. The van der Waals surface area contributed by atoms with Crippen LogP contribution in [0.5, 0.6) is 5.75 Å². The maximum absolute atomic E-state index is 12.4. The Hall–Kier alpha value is -3.35. The standard InChI is InChI=1S/C22H25NO6/c1-5-27-18-10-8-7-9-16(18)11-12-19(25)29-13-17(24)21-14(3)20(15(4)23-21)22(26)28-6-2/h7-12,23H,5-6,13H2,1-4H3/b12-11+. The minimum absolute atomic E-state index is 0.226. The summed E-state index contributed by atoms with van der Waals surface area (Å²) in [5.74, 6) is -0.932. The molecule has 0 aliphatic heterocycles. The van der Waals surface area contributed by atoms with E-state index in [0.717, 1.165) is 5.56 Å². The highest BCUT2D eigenvalue weighted by Crippen LogP contribution is 2.20. The summed E-state index contributed by atoms with van der Waals surface area (Å²) in [7, 11) is 0. The molecule has 29 heavy (non-hydrogen) atoms. The number of para-hydroxylation sites is 1. The molecule has 0 radical (unpaired) electrons. The first-order chi connectivity index (χ1) is 13.9. The van der Waals surface area contributed by atoms with Crippen molar-refractivity contribution in [2.75, 3.05) is 19.8 Å². The van der Waals surface area contributed by atoms with Gasteiger partial charge in [-0.25, -0.2) is 9.59 Å². The fourth-order valence-electron chi connectivity index (χ4n) is 2.86. The summed E-state index contributed by atoms with van der Waals surface area (Å²) < 4.78 is 15.5. The molecule has 0 unspecified atom stereocenters. The van der Waals surface area contributed by atoms with Crippen LogP contribution in [0, 0.1) is 13.8 Å². The number of ketones is 1. The predicted octanol–water partition coefficient (Wildman–Crippen LogP) is 3.65. The zero-order chi connectivity index (χ0) is 21.4. The second kappa shape index (κ2) is 10.3. The fourth-order valence-corrected chi connectivity index (χ4v) is 2.86. The van der Waals surface area contributed by atoms with E-state index in [9.17, 15) is 14.4 Å². The quantitative estimate of drug-likeness (QED) is 0.393. The molecule has 0 fully saturated rings. The summed E-state index contributed by atoms with van der Waals surface area (Å²) in [6.45, 7) is 7.21. The summed E-state index contributed by atoms with van der Waals surface area (Å²) in [6, 6.07) is 7.27. The average molecular weight is 399 g/mol. The lowest BCUT2D eigenvalue weighted by Crippen LogP contribution is -2.14. The number of carbonyl (C=O) groups excluding carboxylic acids is 3. The normalized spacial score (nSPS) is 10.8. The van der Waals surface area contributed by atoms with E-state index in [1.54, 1.807) is 32.9 Å². The molecule has 1 aromatic carbocycles. The van der Waals surface area contributed by atoms with Gasteiger partial charge in [0.2, 0.25) is 5.78 Å². The van der Waals surface area contributed by atoms with Gasteiger partial charge in [-0.3, -0.25) is 4.79 Å². The molecule has 0 saturated heterocycles. The Morgan fingerprint density at radius 2 is 1.76 bits per heavy atom. The van der Waals surface area contributed by atoms with Gasteiger partial charge in [0.15, 0.2) is 6.61 Å². The molecule has 0 aliphatic rings. The van der Waals surface area contributed by atoms with E-state index in [2.05, 4.69) is 4.98 Å². The molecule has 7 heteroatoms. The van der Waals surface area contributed by atoms with Gasteiger partial charge >= 0.3 is 11.9 Å². The van der Waals surface area contributed by atoms with Crippen molar-refractivity contribution in [3.05, 3.63) is 58.4 Å². The number of esters is 2. The van der Waals surface area contributed by atoms with E-state index in [4.69, 9.17) is 14.2 Å².